The number of hydrogen-bond acceptors (Lipinski definition) is 4. The maximum absolute atomic E-state index is 13.9. The number of rotatable bonds is 6. The number of hydrogen-bond donors (Lipinski definition) is 0. The zero-order chi connectivity index (χ0) is 22.3. The van der Waals surface area contributed by atoms with Crippen molar-refractivity contribution in [3.63, 3.8) is 0 Å². The lowest BCUT2D eigenvalue weighted by Crippen LogP contribution is -2.16. The second-order valence-corrected chi connectivity index (χ2v) is 9.91. The van der Waals surface area contributed by atoms with Crippen LogP contribution in [0.25, 0.3) is 10.9 Å². The van der Waals surface area contributed by atoms with Crippen molar-refractivity contribution < 1.29 is 26.0 Å². The Bertz CT molecular complexity index is 1190. The fourth-order valence-corrected chi connectivity index (χ4v) is 6.04. The van der Waals surface area contributed by atoms with Gasteiger partial charge in [0.1, 0.15) is 5.82 Å². The van der Waals surface area contributed by atoms with E-state index in [1.165, 1.54) is 23.9 Å². The summed E-state index contributed by atoms with van der Waals surface area (Å²) in [6, 6.07) is 7.33. The first-order valence-corrected chi connectivity index (χ1v) is 11.4. The average Bonchev–Trinajstić information content (AvgIpc) is 2.92. The third-order valence-electron chi connectivity index (χ3n) is 4.54. The predicted molar refractivity (Wildman–Crippen MR) is 110 cm³/mol. The standard InChI is InChI=1S/C20H20F4N2O2S2/c1-13-19(29-10-9-25(2)3)17-12-15(21)7-8-18(17)26(13)30(27,28)16-6-4-5-14(11-16)20(22,23)24/h4-8,11-12H,9-10H2,1-3H3. The number of alkyl halides is 3. The Morgan fingerprint density at radius 3 is 2.43 bits per heavy atom. The lowest BCUT2D eigenvalue weighted by atomic mass is 10.2. The van der Waals surface area contributed by atoms with Gasteiger partial charge in [0.15, 0.2) is 0 Å². The zero-order valence-electron chi connectivity index (χ0n) is 16.5. The lowest BCUT2D eigenvalue weighted by molar-refractivity contribution is -0.137. The summed E-state index contributed by atoms with van der Waals surface area (Å²) >= 11 is 1.38. The van der Waals surface area contributed by atoms with E-state index >= 15 is 0 Å². The Morgan fingerprint density at radius 1 is 1.10 bits per heavy atom. The number of nitrogens with zero attached hydrogens (tertiary/aromatic N) is 2. The van der Waals surface area contributed by atoms with E-state index in [2.05, 4.69) is 0 Å². The van der Waals surface area contributed by atoms with Gasteiger partial charge in [-0.25, -0.2) is 16.8 Å². The number of fused-ring (bicyclic) bond motifs is 1. The summed E-state index contributed by atoms with van der Waals surface area (Å²) in [5, 5.41) is 0.409. The Kier molecular flexibility index (Phi) is 6.22. The van der Waals surface area contributed by atoms with E-state index in [9.17, 15) is 26.0 Å². The highest BCUT2D eigenvalue weighted by Gasteiger charge is 2.33. The van der Waals surface area contributed by atoms with Crippen LogP contribution < -0.4 is 0 Å². The van der Waals surface area contributed by atoms with Crippen molar-refractivity contribution in [2.24, 2.45) is 0 Å². The van der Waals surface area contributed by atoms with Crippen LogP contribution in [0.4, 0.5) is 17.6 Å². The van der Waals surface area contributed by atoms with Gasteiger partial charge >= 0.3 is 6.18 Å². The van der Waals surface area contributed by atoms with Gasteiger partial charge in [0, 0.05) is 28.3 Å². The van der Waals surface area contributed by atoms with Gasteiger partial charge < -0.3 is 4.90 Å². The van der Waals surface area contributed by atoms with Gasteiger partial charge in [-0.05, 0) is 57.4 Å². The van der Waals surface area contributed by atoms with Gasteiger partial charge in [-0.2, -0.15) is 13.2 Å². The van der Waals surface area contributed by atoms with Gasteiger partial charge in [0.2, 0.25) is 0 Å². The molecule has 1 heterocycles. The maximum atomic E-state index is 13.9. The van der Waals surface area contributed by atoms with Gasteiger partial charge in [0.25, 0.3) is 10.0 Å². The number of halogens is 4. The van der Waals surface area contributed by atoms with Crippen molar-refractivity contribution in [1.29, 1.82) is 0 Å². The third-order valence-corrected chi connectivity index (χ3v) is 7.53. The number of thioether (sulfide) groups is 1. The van der Waals surface area contributed by atoms with Crippen molar-refractivity contribution in [1.82, 2.24) is 8.87 Å². The quantitative estimate of drug-likeness (QED) is 0.384. The number of benzene rings is 2. The molecule has 0 N–H and O–H groups in total. The molecule has 0 saturated heterocycles. The van der Waals surface area contributed by atoms with E-state index < -0.39 is 32.5 Å². The molecule has 0 unspecified atom stereocenters. The van der Waals surface area contributed by atoms with Crippen LogP contribution in [0.15, 0.2) is 52.3 Å². The van der Waals surface area contributed by atoms with Gasteiger partial charge in [-0.3, -0.25) is 0 Å². The normalized spacial score (nSPS) is 12.8. The van der Waals surface area contributed by atoms with Crippen LogP contribution in [-0.2, 0) is 16.2 Å². The molecule has 3 rings (SSSR count). The molecule has 1 aromatic heterocycles. The number of aromatic nitrogens is 1. The van der Waals surface area contributed by atoms with Crippen molar-refractivity contribution in [2.75, 3.05) is 26.4 Å². The highest BCUT2D eigenvalue weighted by molar-refractivity contribution is 7.99. The van der Waals surface area contributed by atoms with Crippen LogP contribution in [0.3, 0.4) is 0 Å². The molecule has 10 heteroatoms. The minimum atomic E-state index is -4.67. The molecule has 3 aromatic rings. The summed E-state index contributed by atoms with van der Waals surface area (Å²) in [4.78, 5) is 2.06. The van der Waals surface area contributed by atoms with Crippen LogP contribution in [0.5, 0.6) is 0 Å². The fourth-order valence-electron chi connectivity index (χ4n) is 3.10. The summed E-state index contributed by atoms with van der Waals surface area (Å²) in [5.74, 6) is 0.109. The maximum Gasteiger partial charge on any atom is 0.416 e. The lowest BCUT2D eigenvalue weighted by Gasteiger charge is -2.13. The fraction of sp³-hybridized carbons (Fsp3) is 0.300. The SMILES string of the molecule is Cc1c(SCCN(C)C)c2cc(F)ccc2n1S(=O)(=O)c1cccc(C(F)(F)F)c1. The molecule has 0 fully saturated rings. The van der Waals surface area contributed by atoms with Gasteiger partial charge in [0.05, 0.1) is 16.0 Å². The Labute approximate surface area is 176 Å². The Morgan fingerprint density at radius 2 is 1.80 bits per heavy atom. The van der Waals surface area contributed by atoms with Crippen molar-refractivity contribution >= 4 is 32.7 Å². The van der Waals surface area contributed by atoms with E-state index in [0.29, 0.717) is 34.3 Å². The molecule has 2 aromatic carbocycles. The molecule has 4 nitrogen and oxygen atoms in total. The molecule has 162 valence electrons. The molecule has 0 radical (unpaired) electrons. The topological polar surface area (TPSA) is 42.3 Å². The zero-order valence-corrected chi connectivity index (χ0v) is 18.1. The smallest absolute Gasteiger partial charge is 0.309 e. The second kappa shape index (κ2) is 8.24. The summed E-state index contributed by atoms with van der Waals surface area (Å²) in [7, 11) is -0.547. The largest absolute Gasteiger partial charge is 0.416 e. The van der Waals surface area contributed by atoms with Crippen molar-refractivity contribution in [3.05, 3.63) is 59.5 Å². The van der Waals surface area contributed by atoms with Gasteiger partial charge in [-0.15, -0.1) is 11.8 Å². The van der Waals surface area contributed by atoms with Gasteiger partial charge in [-0.1, -0.05) is 6.07 Å². The summed E-state index contributed by atoms with van der Waals surface area (Å²) in [6.07, 6.45) is -4.67. The highest BCUT2D eigenvalue weighted by Crippen LogP contribution is 2.37. The van der Waals surface area contributed by atoms with E-state index in [-0.39, 0.29) is 5.52 Å². The summed E-state index contributed by atoms with van der Waals surface area (Å²) in [5.41, 5.74) is -0.500. The second-order valence-electron chi connectivity index (χ2n) is 7.02. The minimum Gasteiger partial charge on any atom is -0.309 e. The van der Waals surface area contributed by atoms with E-state index in [4.69, 9.17) is 0 Å². The first kappa shape index (κ1) is 22.6. The Balaban J connectivity index is 2.19. The average molecular weight is 461 g/mol. The molecule has 0 amide bonds. The molecule has 0 saturated carbocycles. The molecule has 0 aliphatic heterocycles. The summed E-state index contributed by atoms with van der Waals surface area (Å²) < 4.78 is 80.8. The molecule has 0 spiro atoms. The third kappa shape index (κ3) is 4.35. The van der Waals surface area contributed by atoms with E-state index in [1.54, 1.807) is 6.92 Å². The summed E-state index contributed by atoms with van der Waals surface area (Å²) in [6.45, 7) is 2.29. The first-order valence-electron chi connectivity index (χ1n) is 8.94. The molecule has 0 aliphatic rings. The van der Waals surface area contributed by atoms with Crippen molar-refractivity contribution in [2.45, 2.75) is 22.9 Å². The molecular weight excluding hydrogens is 440 g/mol. The predicted octanol–water partition coefficient (Wildman–Crippen LogP) is 5.00. The molecule has 30 heavy (non-hydrogen) atoms. The Hall–Kier alpha value is -2.04. The molecule has 0 atom stereocenters. The van der Waals surface area contributed by atoms with Crippen molar-refractivity contribution in [3.8, 4) is 0 Å². The van der Waals surface area contributed by atoms with Crippen LogP contribution in [-0.4, -0.2) is 43.7 Å². The van der Waals surface area contributed by atoms with Crippen LogP contribution in [0.1, 0.15) is 11.3 Å². The van der Waals surface area contributed by atoms with Crippen LogP contribution >= 0.6 is 11.8 Å². The van der Waals surface area contributed by atoms with Crippen LogP contribution in [0, 0.1) is 12.7 Å². The van der Waals surface area contributed by atoms with E-state index in [1.807, 2.05) is 19.0 Å². The minimum absolute atomic E-state index is 0.221. The molecular formula is C20H20F4N2O2S2. The monoisotopic (exact) mass is 460 g/mol. The van der Waals surface area contributed by atoms with Crippen LogP contribution in [0.2, 0.25) is 0 Å². The van der Waals surface area contributed by atoms with E-state index in [0.717, 1.165) is 28.2 Å². The highest BCUT2D eigenvalue weighted by atomic mass is 32.2. The molecule has 0 bridgehead atoms. The first-order chi connectivity index (χ1) is 13.9. The molecule has 0 aliphatic carbocycles.